The number of fused-ring (bicyclic) bond motifs is 2. The van der Waals surface area contributed by atoms with Crippen LogP contribution < -0.4 is 10.2 Å². The second-order valence-electron chi connectivity index (χ2n) is 5.53. The molecule has 2 aliphatic rings. The molecule has 2 bridgehead atoms. The average molecular weight is 364 g/mol. The fourth-order valence-corrected chi connectivity index (χ4v) is 3.09. The highest BCUT2D eigenvalue weighted by molar-refractivity contribution is 6.31. The van der Waals surface area contributed by atoms with Gasteiger partial charge in [0.25, 0.3) is 0 Å². The monoisotopic (exact) mass is 363 g/mol. The average Bonchev–Trinajstić information content (AvgIpc) is 2.82. The zero-order valence-electron chi connectivity index (χ0n) is 12.3. The quantitative estimate of drug-likeness (QED) is 0.842. The Bertz CT molecular complexity index is 1110. The molecule has 0 fully saturated rings. The lowest BCUT2D eigenvalue weighted by Gasteiger charge is -2.17. The van der Waals surface area contributed by atoms with Crippen LogP contribution in [0.2, 0.25) is 0 Å². The van der Waals surface area contributed by atoms with Gasteiger partial charge in [-0.1, -0.05) is 17.7 Å². The summed E-state index contributed by atoms with van der Waals surface area (Å²) in [5, 5.41) is 9.29. The number of allylic oxidation sites excluding steroid dienone is 5. The number of nitrogens with zero attached hydrogens (tertiary/aromatic N) is 1. The van der Waals surface area contributed by atoms with Crippen LogP contribution >= 0.6 is 11.6 Å². The number of pyridine rings is 1. The molecule has 1 atom stereocenters. The Morgan fingerprint density at radius 2 is 2.12 bits per heavy atom. The highest BCUT2D eigenvalue weighted by Crippen LogP contribution is 2.37. The maximum Gasteiger partial charge on any atom is 0.341 e. The molecule has 1 aliphatic heterocycles. The third kappa shape index (κ3) is 2.27. The number of carboxylic acids is 1. The summed E-state index contributed by atoms with van der Waals surface area (Å²) in [5.74, 6) is -4.39. The SMILES string of the molecule is O=C(O)c1cn2c3c(c(F)c(F)cc3c1=O)OC1=CC2C=CC(Cl)=C1. The van der Waals surface area contributed by atoms with Crippen molar-refractivity contribution in [1.82, 2.24) is 4.57 Å². The molecule has 0 spiro atoms. The minimum atomic E-state index is -1.47. The van der Waals surface area contributed by atoms with Crippen molar-refractivity contribution in [2.75, 3.05) is 0 Å². The van der Waals surface area contributed by atoms with Crippen LogP contribution in [0.3, 0.4) is 0 Å². The zero-order valence-corrected chi connectivity index (χ0v) is 13.1. The number of benzene rings is 1. The fraction of sp³-hybridized carbons (Fsp3) is 0.0588. The molecule has 2 aromatic rings. The van der Waals surface area contributed by atoms with Crippen LogP contribution in [0.5, 0.6) is 5.75 Å². The lowest BCUT2D eigenvalue weighted by molar-refractivity contribution is 0.0695. The maximum absolute atomic E-state index is 14.3. The van der Waals surface area contributed by atoms with E-state index >= 15 is 0 Å². The molecule has 0 amide bonds. The number of hydrogen-bond donors (Lipinski definition) is 1. The van der Waals surface area contributed by atoms with Crippen molar-refractivity contribution < 1.29 is 23.4 Å². The first-order valence-electron chi connectivity index (χ1n) is 7.12. The van der Waals surface area contributed by atoms with E-state index in [-0.39, 0.29) is 16.7 Å². The first kappa shape index (κ1) is 15.6. The Hall–Kier alpha value is -2.93. The Balaban J connectivity index is 2.20. The van der Waals surface area contributed by atoms with E-state index in [0.717, 1.165) is 6.20 Å². The Morgan fingerprint density at radius 3 is 2.84 bits per heavy atom. The summed E-state index contributed by atoms with van der Waals surface area (Å²) in [6.07, 6.45) is 7.25. The first-order valence-corrected chi connectivity index (χ1v) is 7.50. The third-order valence-corrected chi connectivity index (χ3v) is 4.24. The molecule has 126 valence electrons. The van der Waals surface area contributed by atoms with E-state index in [0.29, 0.717) is 11.1 Å². The molecule has 1 N–H and O–H groups in total. The van der Waals surface area contributed by atoms with Gasteiger partial charge in [-0.05, 0) is 24.3 Å². The fourth-order valence-electron chi connectivity index (χ4n) is 2.91. The number of aromatic nitrogens is 1. The van der Waals surface area contributed by atoms with Crippen LogP contribution in [0.1, 0.15) is 16.4 Å². The molecule has 0 saturated carbocycles. The van der Waals surface area contributed by atoms with Gasteiger partial charge in [-0.15, -0.1) is 0 Å². The molecule has 2 heterocycles. The van der Waals surface area contributed by atoms with Crippen LogP contribution in [0.25, 0.3) is 10.9 Å². The van der Waals surface area contributed by atoms with Crippen molar-refractivity contribution in [3.8, 4) is 5.75 Å². The van der Waals surface area contributed by atoms with Crippen molar-refractivity contribution >= 4 is 28.5 Å². The summed E-state index contributed by atoms with van der Waals surface area (Å²) in [7, 11) is 0. The summed E-state index contributed by atoms with van der Waals surface area (Å²) < 4.78 is 35.1. The van der Waals surface area contributed by atoms with E-state index in [1.54, 1.807) is 18.2 Å². The number of carbonyl (C=O) groups is 1. The molecular weight excluding hydrogens is 356 g/mol. The minimum Gasteiger partial charge on any atom is -0.477 e. The Morgan fingerprint density at radius 1 is 1.36 bits per heavy atom. The maximum atomic E-state index is 14.3. The number of ether oxygens (including phenoxy) is 1. The highest BCUT2D eigenvalue weighted by Gasteiger charge is 2.28. The van der Waals surface area contributed by atoms with Gasteiger partial charge in [-0.3, -0.25) is 4.79 Å². The van der Waals surface area contributed by atoms with Crippen molar-refractivity contribution in [2.45, 2.75) is 6.04 Å². The van der Waals surface area contributed by atoms with Gasteiger partial charge in [-0.25, -0.2) is 9.18 Å². The van der Waals surface area contributed by atoms with E-state index < -0.39 is 40.4 Å². The zero-order chi connectivity index (χ0) is 17.9. The number of halogens is 3. The van der Waals surface area contributed by atoms with Gasteiger partial charge in [0.15, 0.2) is 11.6 Å². The molecule has 1 unspecified atom stereocenters. The number of hydrogen-bond acceptors (Lipinski definition) is 3. The smallest absolute Gasteiger partial charge is 0.341 e. The van der Waals surface area contributed by atoms with Crippen molar-refractivity contribution in [3.63, 3.8) is 0 Å². The molecule has 1 aromatic heterocycles. The largest absolute Gasteiger partial charge is 0.477 e. The molecule has 1 aromatic carbocycles. The van der Waals surface area contributed by atoms with Crippen LogP contribution in [-0.2, 0) is 0 Å². The number of carboxylic acid groups (broad SMARTS) is 1. The summed E-state index contributed by atoms with van der Waals surface area (Å²) in [6.45, 7) is 0. The molecular formula is C17H8ClF2NO4. The second-order valence-corrected chi connectivity index (χ2v) is 5.97. The highest BCUT2D eigenvalue weighted by atomic mass is 35.5. The standard InChI is InChI=1S/C17H8ClF2NO4/c18-7-1-2-8-4-9(3-7)25-16-13(20)12(19)5-10-14(16)21(8)6-11(15(10)22)17(23)24/h1-6,8H,(H,23,24). The molecule has 8 heteroatoms. The van der Waals surface area contributed by atoms with Crippen LogP contribution in [-0.4, -0.2) is 15.6 Å². The van der Waals surface area contributed by atoms with Gasteiger partial charge in [0.1, 0.15) is 11.3 Å². The van der Waals surface area contributed by atoms with E-state index in [9.17, 15) is 23.5 Å². The van der Waals surface area contributed by atoms with Crippen molar-refractivity contribution in [3.05, 3.63) is 74.8 Å². The molecule has 0 saturated heterocycles. The van der Waals surface area contributed by atoms with Gasteiger partial charge in [0.05, 0.1) is 16.9 Å². The van der Waals surface area contributed by atoms with Crippen LogP contribution in [0, 0.1) is 11.6 Å². The summed E-state index contributed by atoms with van der Waals surface area (Å²) >= 11 is 5.98. The second kappa shape index (κ2) is 5.29. The number of aromatic carboxylic acids is 1. The van der Waals surface area contributed by atoms with Gasteiger partial charge in [0.2, 0.25) is 11.2 Å². The summed E-state index contributed by atoms with van der Waals surface area (Å²) in [5.41, 5.74) is -1.50. The normalized spacial score (nSPS) is 18.1. The Labute approximate surface area is 143 Å². The van der Waals surface area contributed by atoms with E-state index in [4.69, 9.17) is 16.3 Å². The lowest BCUT2D eigenvalue weighted by atomic mass is 10.1. The summed E-state index contributed by atoms with van der Waals surface area (Å²) in [6, 6.07) is 0.0817. The van der Waals surface area contributed by atoms with E-state index in [1.807, 2.05) is 0 Å². The lowest BCUT2D eigenvalue weighted by Crippen LogP contribution is -2.20. The van der Waals surface area contributed by atoms with Crippen molar-refractivity contribution in [2.24, 2.45) is 0 Å². The van der Waals surface area contributed by atoms with Gasteiger partial charge >= 0.3 is 5.97 Å². The summed E-state index contributed by atoms with van der Waals surface area (Å²) in [4.78, 5) is 23.8. The Kier molecular flexibility index (Phi) is 3.30. The molecule has 25 heavy (non-hydrogen) atoms. The van der Waals surface area contributed by atoms with E-state index in [2.05, 4.69) is 0 Å². The first-order chi connectivity index (χ1) is 11.9. The third-order valence-electron chi connectivity index (χ3n) is 4.01. The minimum absolute atomic E-state index is 0.0266. The number of rotatable bonds is 1. The van der Waals surface area contributed by atoms with Gasteiger partial charge in [0, 0.05) is 11.2 Å². The predicted molar refractivity (Wildman–Crippen MR) is 85.9 cm³/mol. The van der Waals surface area contributed by atoms with Crippen LogP contribution in [0.4, 0.5) is 8.78 Å². The van der Waals surface area contributed by atoms with Gasteiger partial charge in [-0.2, -0.15) is 4.39 Å². The molecule has 1 aliphatic carbocycles. The van der Waals surface area contributed by atoms with Crippen molar-refractivity contribution in [1.29, 1.82) is 0 Å². The topological polar surface area (TPSA) is 68.5 Å². The van der Waals surface area contributed by atoms with Gasteiger partial charge < -0.3 is 14.4 Å². The molecule has 5 nitrogen and oxygen atoms in total. The predicted octanol–water partition coefficient (Wildman–Crippen LogP) is 3.49. The molecule has 0 radical (unpaired) electrons. The molecule has 4 rings (SSSR count). The van der Waals surface area contributed by atoms with Crippen LogP contribution in [0.15, 0.2) is 52.2 Å². The van der Waals surface area contributed by atoms with E-state index in [1.165, 1.54) is 10.6 Å².